The molecule has 1 aliphatic carbocycles. The van der Waals surface area contributed by atoms with Gasteiger partial charge in [-0.2, -0.15) is 0 Å². The van der Waals surface area contributed by atoms with Gasteiger partial charge in [0.05, 0.1) is 0 Å². The zero-order valence-electron chi connectivity index (χ0n) is 8.00. The van der Waals surface area contributed by atoms with Crippen LogP contribution in [0.3, 0.4) is 0 Å². The number of hydrogen-bond donors (Lipinski definition) is 0. The molecule has 0 bridgehead atoms. The monoisotopic (exact) mass is 274 g/mol. The van der Waals surface area contributed by atoms with Crippen LogP contribution in [-0.2, 0) is 19.5 Å². The van der Waals surface area contributed by atoms with Gasteiger partial charge in [-0.25, -0.2) is 0 Å². The van der Waals surface area contributed by atoms with Crippen molar-refractivity contribution in [2.24, 2.45) is 0 Å². The molecule has 1 aromatic rings. The zero-order chi connectivity index (χ0) is 8.23. The minimum Gasteiger partial charge on any atom is -1.00 e. The average molecular weight is 276 g/mol. The first kappa shape index (κ1) is 14.2. The maximum atomic E-state index is 3.38. The minimum absolute atomic E-state index is 0. The molecule has 0 fully saturated rings. The van der Waals surface area contributed by atoms with Crippen molar-refractivity contribution in [3.05, 3.63) is 41.3 Å². The summed E-state index contributed by atoms with van der Waals surface area (Å²) in [4.78, 5) is 2.75. The smallest absolute Gasteiger partial charge is 0.0119 e. The van der Waals surface area contributed by atoms with Crippen molar-refractivity contribution in [2.45, 2.75) is 24.2 Å². The van der Waals surface area contributed by atoms with E-state index >= 15 is 0 Å². The van der Waals surface area contributed by atoms with Crippen LogP contribution in [0.4, 0.5) is 0 Å². The van der Waals surface area contributed by atoms with E-state index in [2.05, 4.69) is 36.4 Å². The van der Waals surface area contributed by atoms with E-state index in [9.17, 15) is 0 Å². The molecule has 14 heavy (non-hydrogen) atoms. The molecule has 1 aliphatic rings. The minimum atomic E-state index is 0. The second-order valence-electron chi connectivity index (χ2n) is 2.87. The fourth-order valence-corrected chi connectivity index (χ4v) is 2.28. The number of thioether (sulfide) groups is 1. The summed E-state index contributed by atoms with van der Waals surface area (Å²) in [5.74, 6) is 0. The molecule has 3 heteroatoms. The van der Waals surface area contributed by atoms with Crippen molar-refractivity contribution in [1.29, 1.82) is 0 Å². The van der Waals surface area contributed by atoms with E-state index in [1.807, 2.05) is 11.8 Å². The molecule has 0 spiro atoms. The Balaban J connectivity index is 0.000000845. The summed E-state index contributed by atoms with van der Waals surface area (Å²) < 4.78 is 0. The van der Waals surface area contributed by atoms with E-state index in [1.165, 1.54) is 22.6 Å². The first-order valence-electron chi connectivity index (χ1n) is 4.28. The molecule has 0 aromatic heterocycles. The summed E-state index contributed by atoms with van der Waals surface area (Å²) in [5, 5.41) is 0. The summed E-state index contributed by atoms with van der Waals surface area (Å²) in [7, 11) is 0. The zero-order valence-corrected chi connectivity index (χ0v) is 12.5. The van der Waals surface area contributed by atoms with Crippen LogP contribution >= 0.6 is 11.8 Å². The van der Waals surface area contributed by atoms with Gasteiger partial charge in [0.25, 0.3) is 0 Å². The van der Waals surface area contributed by atoms with Gasteiger partial charge in [0.15, 0.2) is 0 Å². The van der Waals surface area contributed by atoms with E-state index in [0.717, 1.165) is 6.42 Å². The van der Waals surface area contributed by atoms with E-state index in [1.54, 1.807) is 0 Å². The molecule has 0 atom stereocenters. The predicted molar refractivity (Wildman–Crippen MR) is 52.9 cm³/mol. The van der Waals surface area contributed by atoms with E-state index < -0.39 is 0 Å². The number of rotatable bonds is 2. The Morgan fingerprint density at radius 2 is 1.86 bits per heavy atom. The third kappa shape index (κ3) is 4.17. The number of allylic oxidation sites excluding steroid dienone is 2. The van der Waals surface area contributed by atoms with Crippen LogP contribution in [0.15, 0.2) is 40.1 Å². The largest absolute Gasteiger partial charge is 1.00 e. The summed E-state index contributed by atoms with van der Waals surface area (Å²) in [6, 6.07) is 10.5. The van der Waals surface area contributed by atoms with Gasteiger partial charge >= 0.3 is 0 Å². The number of hydrogen-bond acceptors (Lipinski definition) is 1. The maximum Gasteiger partial charge on any atom is 0.0119 e. The van der Waals surface area contributed by atoms with Gasteiger partial charge < -0.3 is 12.4 Å². The van der Waals surface area contributed by atoms with Gasteiger partial charge in [-0.3, -0.25) is 0 Å². The Kier molecular flexibility index (Phi) is 7.63. The SMILES string of the molecule is [C]1=C(Sc2ccccc2)CCC1.[Cl-].[Zn]. The van der Waals surface area contributed by atoms with Gasteiger partial charge in [-0.15, -0.1) is 0 Å². The van der Waals surface area contributed by atoms with Crippen molar-refractivity contribution in [2.75, 3.05) is 0 Å². The predicted octanol–water partition coefficient (Wildman–Crippen LogP) is 0.651. The van der Waals surface area contributed by atoms with Gasteiger partial charge in [0, 0.05) is 24.4 Å². The van der Waals surface area contributed by atoms with Crippen molar-refractivity contribution >= 4 is 11.8 Å². The Labute approximate surface area is 109 Å². The number of benzene rings is 1. The molecule has 0 amide bonds. The van der Waals surface area contributed by atoms with Gasteiger partial charge in [-0.1, -0.05) is 30.0 Å². The normalized spacial score (nSPS) is 13.9. The van der Waals surface area contributed by atoms with Crippen molar-refractivity contribution in [3.63, 3.8) is 0 Å². The summed E-state index contributed by atoms with van der Waals surface area (Å²) in [6.45, 7) is 0. The molecule has 0 N–H and O–H groups in total. The quantitative estimate of drug-likeness (QED) is 0.715. The molecule has 0 aliphatic heterocycles. The van der Waals surface area contributed by atoms with Crippen molar-refractivity contribution in [1.82, 2.24) is 0 Å². The summed E-state index contributed by atoms with van der Waals surface area (Å²) in [5.41, 5.74) is 0. The first-order valence-corrected chi connectivity index (χ1v) is 5.09. The van der Waals surface area contributed by atoms with Crippen LogP contribution in [0.25, 0.3) is 0 Å². The van der Waals surface area contributed by atoms with E-state index in [-0.39, 0.29) is 31.9 Å². The van der Waals surface area contributed by atoms with Gasteiger partial charge in [0.2, 0.25) is 0 Å². The standard InChI is InChI=1S/C11H11S.ClH.Zn/c1-2-6-10(7-3-1)12-11-8-4-5-9-11;;/h1-3,6-7H,4-5,8H2;1H;/p-1. The fourth-order valence-electron chi connectivity index (χ4n) is 1.28. The summed E-state index contributed by atoms with van der Waals surface area (Å²) in [6.07, 6.45) is 7.04. The molecule has 71 valence electrons. The van der Waals surface area contributed by atoms with Crippen molar-refractivity contribution in [3.8, 4) is 0 Å². The Morgan fingerprint density at radius 1 is 1.14 bits per heavy atom. The van der Waals surface area contributed by atoms with Crippen LogP contribution in [0, 0.1) is 6.08 Å². The van der Waals surface area contributed by atoms with Crippen molar-refractivity contribution < 1.29 is 31.9 Å². The molecular weight excluding hydrogens is 265 g/mol. The Bertz CT molecular complexity index is 285. The van der Waals surface area contributed by atoms with Crippen LogP contribution in [0.2, 0.25) is 0 Å². The third-order valence-electron chi connectivity index (χ3n) is 1.89. The molecule has 1 aromatic carbocycles. The van der Waals surface area contributed by atoms with Crippen LogP contribution in [0.1, 0.15) is 19.3 Å². The molecule has 0 saturated heterocycles. The Morgan fingerprint density at radius 3 is 2.43 bits per heavy atom. The molecule has 0 nitrogen and oxygen atoms in total. The molecule has 2 rings (SSSR count). The molecule has 0 heterocycles. The van der Waals surface area contributed by atoms with Crippen LogP contribution < -0.4 is 12.4 Å². The second kappa shape index (κ2) is 7.51. The average Bonchev–Trinajstić information content (AvgIpc) is 2.59. The fraction of sp³-hybridized carbons (Fsp3) is 0.273. The van der Waals surface area contributed by atoms with E-state index in [4.69, 9.17) is 0 Å². The van der Waals surface area contributed by atoms with Gasteiger partial charge in [-0.05, 0) is 42.4 Å². The topological polar surface area (TPSA) is 0 Å². The first-order chi connectivity index (χ1) is 5.95. The Hall–Kier alpha value is 0.223. The van der Waals surface area contributed by atoms with Crippen LogP contribution in [0.5, 0.6) is 0 Å². The molecule has 0 saturated carbocycles. The third-order valence-corrected chi connectivity index (χ3v) is 2.99. The summed E-state index contributed by atoms with van der Waals surface area (Å²) >= 11 is 1.86. The molecular formula is C11H11ClSZn-. The molecule has 0 unspecified atom stereocenters. The van der Waals surface area contributed by atoms with E-state index in [0.29, 0.717) is 0 Å². The second-order valence-corrected chi connectivity index (χ2v) is 4.04. The molecule has 1 radical (unpaired) electrons. The maximum absolute atomic E-state index is 3.38. The van der Waals surface area contributed by atoms with Crippen LogP contribution in [-0.4, -0.2) is 0 Å². The number of halogens is 1. The van der Waals surface area contributed by atoms with Gasteiger partial charge in [0.1, 0.15) is 0 Å².